The second-order valence-electron chi connectivity index (χ2n) is 11.1. The monoisotopic (exact) mass is 566 g/mol. The lowest BCUT2D eigenvalue weighted by Crippen LogP contribution is -2.73. The first-order chi connectivity index (χ1) is 19.7. The van der Waals surface area contributed by atoms with Crippen LogP contribution in [0.15, 0.2) is 42.5 Å². The molecule has 2 saturated heterocycles. The van der Waals surface area contributed by atoms with Crippen molar-refractivity contribution in [2.24, 2.45) is 5.92 Å². The molecule has 0 radical (unpaired) electrons. The molecule has 10 nitrogen and oxygen atoms in total. The number of carbonyl (C=O) groups is 3. The van der Waals surface area contributed by atoms with Crippen LogP contribution in [0, 0.1) is 5.92 Å². The van der Waals surface area contributed by atoms with Crippen LogP contribution in [-0.4, -0.2) is 85.2 Å². The van der Waals surface area contributed by atoms with Gasteiger partial charge in [0.2, 0.25) is 11.8 Å². The fourth-order valence-electron chi connectivity index (χ4n) is 5.74. The van der Waals surface area contributed by atoms with Gasteiger partial charge in [-0.2, -0.15) is 0 Å². The summed E-state index contributed by atoms with van der Waals surface area (Å²) < 4.78 is 16.0. The van der Waals surface area contributed by atoms with Crippen molar-refractivity contribution in [1.82, 2.24) is 20.0 Å². The Morgan fingerprint density at radius 3 is 2.29 bits per heavy atom. The highest BCUT2D eigenvalue weighted by Gasteiger charge is 2.50. The Bertz CT molecular complexity index is 1230. The van der Waals surface area contributed by atoms with E-state index in [1.54, 1.807) is 36.0 Å². The summed E-state index contributed by atoms with van der Waals surface area (Å²) in [5, 5.41) is 3.03. The quantitative estimate of drug-likeness (QED) is 0.471. The zero-order chi connectivity index (χ0) is 29.7. The molecule has 2 fully saturated rings. The minimum absolute atomic E-state index is 0.0723. The average Bonchev–Trinajstić information content (AvgIpc) is 2.96. The number of amides is 4. The molecule has 3 atom stereocenters. The van der Waals surface area contributed by atoms with E-state index < -0.39 is 12.2 Å². The summed E-state index contributed by atoms with van der Waals surface area (Å²) in [6, 6.07) is 12.1. The molecular formula is C31H42N4O6. The van der Waals surface area contributed by atoms with Crippen LogP contribution < -0.4 is 19.5 Å². The molecule has 4 rings (SSSR count). The third-order valence-electron chi connectivity index (χ3n) is 7.84. The molecule has 2 aromatic carbocycles. The van der Waals surface area contributed by atoms with Gasteiger partial charge in [0.15, 0.2) is 11.5 Å². The second-order valence-corrected chi connectivity index (χ2v) is 11.1. The van der Waals surface area contributed by atoms with E-state index in [1.807, 2.05) is 63.2 Å². The highest BCUT2D eigenvalue weighted by molar-refractivity contribution is 5.91. The molecule has 0 bridgehead atoms. The number of carbonyl (C=O) groups excluding carboxylic acids is 3. The van der Waals surface area contributed by atoms with Crippen molar-refractivity contribution >= 4 is 17.8 Å². The summed E-state index contributed by atoms with van der Waals surface area (Å²) in [6.07, 6.45) is 0.762. The SMILES string of the molecule is COc1ccc(CNC(=O)N2C(C)CC(=O)N3[C@@H]2CN(CCc2ccc(OC)c(OC)c2)C(=O)[C@@H]3CC(C)C)cc1. The van der Waals surface area contributed by atoms with Crippen molar-refractivity contribution in [1.29, 1.82) is 0 Å². The molecule has 4 amide bonds. The molecular weight excluding hydrogens is 524 g/mol. The van der Waals surface area contributed by atoms with Crippen LogP contribution in [0.4, 0.5) is 4.79 Å². The van der Waals surface area contributed by atoms with Crippen molar-refractivity contribution < 1.29 is 28.6 Å². The third kappa shape index (κ3) is 6.69. The second kappa shape index (κ2) is 13.1. The molecule has 41 heavy (non-hydrogen) atoms. The first-order valence-electron chi connectivity index (χ1n) is 14.2. The van der Waals surface area contributed by atoms with Gasteiger partial charge in [0, 0.05) is 25.6 Å². The first kappa shape index (κ1) is 30.0. The standard InChI is InChI=1S/C31H42N4O6/c1-20(2)15-25-30(37)33(14-13-22-9-12-26(40-5)27(17-22)41-6)19-28-34(21(3)16-29(36)35(25)28)31(38)32-18-23-7-10-24(39-4)11-8-23/h7-12,17,20-21,25,28H,13-16,18-19H2,1-6H3,(H,32,38)/t21?,25-,28+/m0/s1. The van der Waals surface area contributed by atoms with E-state index in [1.165, 1.54) is 0 Å². The van der Waals surface area contributed by atoms with Gasteiger partial charge in [-0.1, -0.05) is 32.0 Å². The summed E-state index contributed by atoms with van der Waals surface area (Å²) in [5.74, 6) is 2.06. The first-order valence-corrected chi connectivity index (χ1v) is 14.2. The topological polar surface area (TPSA) is 101 Å². The molecule has 2 aliphatic heterocycles. The number of piperazine rings is 1. The molecule has 0 spiro atoms. The lowest BCUT2D eigenvalue weighted by atomic mass is 9.94. The Hall–Kier alpha value is -3.95. The summed E-state index contributed by atoms with van der Waals surface area (Å²) in [4.78, 5) is 46.0. The Balaban J connectivity index is 1.55. The molecule has 222 valence electrons. The van der Waals surface area contributed by atoms with Gasteiger partial charge in [-0.25, -0.2) is 4.79 Å². The van der Waals surface area contributed by atoms with Crippen LogP contribution in [0.2, 0.25) is 0 Å². The fraction of sp³-hybridized carbons (Fsp3) is 0.516. The highest BCUT2D eigenvalue weighted by atomic mass is 16.5. The molecule has 2 aliphatic rings. The van der Waals surface area contributed by atoms with Crippen LogP contribution in [0.5, 0.6) is 17.2 Å². The van der Waals surface area contributed by atoms with Gasteiger partial charge < -0.3 is 29.3 Å². The summed E-state index contributed by atoms with van der Waals surface area (Å²) in [6.45, 7) is 7.03. The predicted molar refractivity (Wildman–Crippen MR) is 155 cm³/mol. The van der Waals surface area contributed by atoms with E-state index in [9.17, 15) is 14.4 Å². The van der Waals surface area contributed by atoms with E-state index in [0.717, 1.165) is 16.9 Å². The van der Waals surface area contributed by atoms with Crippen molar-refractivity contribution in [3.8, 4) is 17.2 Å². The average molecular weight is 567 g/mol. The van der Waals surface area contributed by atoms with E-state index in [4.69, 9.17) is 14.2 Å². The molecule has 2 heterocycles. The number of fused-ring (bicyclic) bond motifs is 1. The number of rotatable bonds is 10. The molecule has 1 N–H and O–H groups in total. The molecule has 0 aromatic heterocycles. The maximum atomic E-state index is 13.8. The normalized spacial score (nSPS) is 20.7. The number of ether oxygens (including phenoxy) is 3. The largest absolute Gasteiger partial charge is 0.497 e. The molecule has 10 heteroatoms. The number of urea groups is 1. The molecule has 0 aliphatic carbocycles. The van der Waals surface area contributed by atoms with E-state index in [0.29, 0.717) is 37.4 Å². The van der Waals surface area contributed by atoms with Crippen LogP contribution in [0.3, 0.4) is 0 Å². The van der Waals surface area contributed by atoms with Crippen molar-refractivity contribution in [2.45, 2.75) is 64.8 Å². The number of hydrogen-bond donors (Lipinski definition) is 1. The van der Waals surface area contributed by atoms with Crippen LogP contribution in [0.1, 0.15) is 44.7 Å². The maximum Gasteiger partial charge on any atom is 0.319 e. The maximum absolute atomic E-state index is 13.8. The van der Waals surface area contributed by atoms with Crippen LogP contribution in [-0.2, 0) is 22.6 Å². The zero-order valence-electron chi connectivity index (χ0n) is 24.9. The third-order valence-corrected chi connectivity index (χ3v) is 7.84. The van der Waals surface area contributed by atoms with Gasteiger partial charge in [-0.05, 0) is 61.1 Å². The van der Waals surface area contributed by atoms with Gasteiger partial charge in [-0.15, -0.1) is 0 Å². The van der Waals surface area contributed by atoms with Crippen molar-refractivity contribution in [2.75, 3.05) is 34.4 Å². The van der Waals surface area contributed by atoms with E-state index >= 15 is 0 Å². The lowest BCUT2D eigenvalue weighted by Gasteiger charge is -2.54. The predicted octanol–water partition coefficient (Wildman–Crippen LogP) is 3.67. The summed E-state index contributed by atoms with van der Waals surface area (Å²) in [7, 11) is 4.80. The van der Waals surface area contributed by atoms with Crippen molar-refractivity contribution in [3.63, 3.8) is 0 Å². The van der Waals surface area contributed by atoms with Gasteiger partial charge in [0.25, 0.3) is 0 Å². The van der Waals surface area contributed by atoms with Gasteiger partial charge in [0.05, 0.1) is 27.9 Å². The number of benzene rings is 2. The summed E-state index contributed by atoms with van der Waals surface area (Å²) >= 11 is 0. The summed E-state index contributed by atoms with van der Waals surface area (Å²) in [5.41, 5.74) is 1.94. The highest BCUT2D eigenvalue weighted by Crippen LogP contribution is 2.32. The number of nitrogens with zero attached hydrogens (tertiary/aromatic N) is 3. The van der Waals surface area contributed by atoms with Gasteiger partial charge in [0.1, 0.15) is 18.0 Å². The Labute approximate surface area is 242 Å². The Morgan fingerprint density at radius 2 is 1.66 bits per heavy atom. The smallest absolute Gasteiger partial charge is 0.319 e. The Kier molecular flexibility index (Phi) is 9.62. The van der Waals surface area contributed by atoms with E-state index in [-0.39, 0.29) is 42.8 Å². The lowest BCUT2D eigenvalue weighted by molar-refractivity contribution is -0.170. The molecule has 2 aromatic rings. The minimum Gasteiger partial charge on any atom is -0.497 e. The minimum atomic E-state index is -0.615. The number of methoxy groups -OCH3 is 3. The fourth-order valence-corrected chi connectivity index (χ4v) is 5.74. The van der Waals surface area contributed by atoms with Crippen LogP contribution in [0.25, 0.3) is 0 Å². The zero-order valence-corrected chi connectivity index (χ0v) is 24.9. The van der Waals surface area contributed by atoms with Gasteiger partial charge >= 0.3 is 6.03 Å². The number of nitrogens with one attached hydrogen (secondary N) is 1. The molecule has 1 unspecified atom stereocenters. The van der Waals surface area contributed by atoms with Crippen LogP contribution >= 0.6 is 0 Å². The molecule has 0 saturated carbocycles. The Morgan fingerprint density at radius 1 is 0.976 bits per heavy atom. The van der Waals surface area contributed by atoms with E-state index in [2.05, 4.69) is 5.32 Å². The van der Waals surface area contributed by atoms with Crippen molar-refractivity contribution in [3.05, 3.63) is 53.6 Å². The van der Waals surface area contributed by atoms with Gasteiger partial charge in [-0.3, -0.25) is 14.5 Å². The number of hydrogen-bond acceptors (Lipinski definition) is 6.